The fraction of sp³-hybridized carbons (Fsp3) is 0. The number of carbonyl (C=O) groups is 2. The van der Waals surface area contributed by atoms with Gasteiger partial charge in [0.1, 0.15) is 0 Å². The number of rotatable bonds is 1. The highest BCUT2D eigenvalue weighted by Gasteiger charge is 1.94. The molecular weight excluding hydrogens is 80.8 g/mol. The molecule has 0 spiro atoms. The smallest absolute Gasteiger partial charge is 0.272 e. The number of nitrogens with two attached hydrogens (primary N) is 1. The van der Waals surface area contributed by atoms with Crippen LogP contribution in [0.15, 0.2) is 0 Å². The van der Waals surface area contributed by atoms with Gasteiger partial charge in [-0.2, -0.15) is 0 Å². The summed E-state index contributed by atoms with van der Waals surface area (Å²) in [5, 5.41) is 0. The molecule has 2 radical (unpaired) electrons. The fourth-order valence-corrected chi connectivity index (χ4v) is 0. The van der Waals surface area contributed by atoms with Crippen molar-refractivity contribution in [3.63, 3.8) is 0 Å². The minimum absolute atomic E-state index is 1.10. The maximum absolute atomic E-state index is 9.45. The second kappa shape index (κ2) is 1.59. The van der Waals surface area contributed by atoms with Gasteiger partial charge in [-0.25, -0.2) is 0 Å². The van der Waals surface area contributed by atoms with Crippen LogP contribution in [0.4, 0.5) is 0 Å². The molecule has 2 N–H and O–H groups in total. The fourth-order valence-electron chi connectivity index (χ4n) is 0. The molecule has 3 nitrogen and oxygen atoms in total. The summed E-state index contributed by atoms with van der Waals surface area (Å²) in [5.41, 5.74) is 3.22. The Morgan fingerprint density at radius 2 is 1.67 bits per heavy atom. The van der Waals surface area contributed by atoms with Gasteiger partial charge in [-0.05, 0) is 0 Å². The van der Waals surface area contributed by atoms with Gasteiger partial charge in [0.25, 0.3) is 5.91 Å². The molecule has 4 heteroatoms. The van der Waals surface area contributed by atoms with Gasteiger partial charge < -0.3 is 10.5 Å². The molecule has 0 rings (SSSR count). The Morgan fingerprint density at radius 3 is 1.67 bits per heavy atom. The molecule has 0 aliphatic heterocycles. The monoisotopic (exact) mass is 83.0 g/mol. The van der Waals surface area contributed by atoms with E-state index >= 15 is 0 Å². The van der Waals surface area contributed by atoms with E-state index in [0.717, 1.165) is 0 Å². The number of hydrogen-bond donors (Lipinski definition) is 1. The van der Waals surface area contributed by atoms with E-state index in [-0.39, 0.29) is 0 Å². The molecule has 0 saturated carbocycles. The average Bonchev–Trinajstić information content (AvgIpc) is 1.36. The van der Waals surface area contributed by atoms with Crippen molar-refractivity contribution in [1.82, 2.24) is 0 Å². The first-order valence-electron chi connectivity index (χ1n) is 1.24. The number of primary amides is 1. The van der Waals surface area contributed by atoms with E-state index in [2.05, 4.69) is 13.6 Å². The van der Waals surface area contributed by atoms with Crippen molar-refractivity contribution in [3.8, 4) is 0 Å². The normalized spacial score (nSPS) is 7.33. The van der Waals surface area contributed by atoms with Gasteiger partial charge in [-0.1, -0.05) is 0 Å². The van der Waals surface area contributed by atoms with Gasteiger partial charge in [0.05, 0.1) is 0 Å². The molecule has 0 aliphatic rings. The summed E-state index contributed by atoms with van der Waals surface area (Å²) in [6.07, 6.45) is 0. The van der Waals surface area contributed by atoms with Crippen LogP contribution >= 0.6 is 0 Å². The van der Waals surface area contributed by atoms with E-state index < -0.39 is 11.6 Å². The summed E-state index contributed by atoms with van der Waals surface area (Å²) in [7, 11) is 4.32. The lowest BCUT2D eigenvalue weighted by Crippen LogP contribution is -2.22. The van der Waals surface area contributed by atoms with E-state index in [1.807, 2.05) is 0 Å². The average molecular weight is 82.9 g/mol. The van der Waals surface area contributed by atoms with Gasteiger partial charge >= 0.3 is 0 Å². The molecular formula is C2H2BNO2. The zero-order valence-electron chi connectivity index (χ0n) is 2.97. The van der Waals surface area contributed by atoms with E-state index in [9.17, 15) is 9.59 Å². The minimum atomic E-state index is -1.10. The van der Waals surface area contributed by atoms with Crippen LogP contribution < -0.4 is 5.73 Å². The Balaban J connectivity index is 3.57. The molecule has 0 heterocycles. The topological polar surface area (TPSA) is 60.2 Å². The maximum Gasteiger partial charge on any atom is 0.272 e. The quantitative estimate of drug-likeness (QED) is 0.299. The molecule has 0 unspecified atom stereocenters. The van der Waals surface area contributed by atoms with Gasteiger partial charge in [0, 0.05) is 0 Å². The van der Waals surface area contributed by atoms with Crippen molar-refractivity contribution in [3.05, 3.63) is 0 Å². The Morgan fingerprint density at radius 1 is 1.50 bits per heavy atom. The predicted octanol–water partition coefficient (Wildman–Crippen LogP) is -1.83. The summed E-state index contributed by atoms with van der Waals surface area (Å²) < 4.78 is 0. The van der Waals surface area contributed by atoms with E-state index in [1.165, 1.54) is 0 Å². The molecule has 0 aliphatic carbocycles. The lowest BCUT2D eigenvalue weighted by molar-refractivity contribution is -0.131. The first-order chi connectivity index (χ1) is 2.64. The number of carbonyl (C=O) groups excluding carboxylic acids is 2. The van der Waals surface area contributed by atoms with Crippen LogP contribution in [-0.4, -0.2) is 19.4 Å². The summed E-state index contributed by atoms with van der Waals surface area (Å²) in [6, 6.07) is 0. The van der Waals surface area contributed by atoms with Crippen LogP contribution in [0.25, 0.3) is 0 Å². The lowest BCUT2D eigenvalue weighted by atomic mass is 10.0. The number of hydrogen-bond acceptors (Lipinski definition) is 2. The Hall–Kier alpha value is -0.795. The molecule has 0 aromatic heterocycles. The third-order valence-electron chi connectivity index (χ3n) is 0.243. The third kappa shape index (κ3) is 1.52. The van der Waals surface area contributed by atoms with Crippen LogP contribution in [0.3, 0.4) is 0 Å². The third-order valence-corrected chi connectivity index (χ3v) is 0.243. The second-order valence-corrected chi connectivity index (χ2v) is 0.729. The molecule has 0 aromatic rings. The zero-order valence-corrected chi connectivity index (χ0v) is 2.97. The molecule has 30 valence electrons. The molecule has 0 fully saturated rings. The van der Waals surface area contributed by atoms with Crippen molar-refractivity contribution >= 4 is 19.4 Å². The Kier molecular flexibility index (Phi) is 1.38. The Labute approximate surface area is 35.9 Å². The van der Waals surface area contributed by atoms with Gasteiger partial charge in [-0.3, -0.25) is 4.79 Å². The van der Waals surface area contributed by atoms with Crippen molar-refractivity contribution in [2.75, 3.05) is 0 Å². The molecule has 0 aromatic carbocycles. The maximum atomic E-state index is 9.45. The highest BCUT2D eigenvalue weighted by molar-refractivity contribution is 6.76. The SMILES string of the molecule is [B]C(=O)C(N)=O. The van der Waals surface area contributed by atoms with E-state index in [4.69, 9.17) is 0 Å². The summed E-state index contributed by atoms with van der Waals surface area (Å²) in [5.74, 6) is -1.10. The van der Waals surface area contributed by atoms with E-state index in [0.29, 0.717) is 0 Å². The summed E-state index contributed by atoms with van der Waals surface area (Å²) in [4.78, 5) is 18.9. The first kappa shape index (κ1) is 5.20. The van der Waals surface area contributed by atoms with Crippen molar-refractivity contribution < 1.29 is 9.59 Å². The van der Waals surface area contributed by atoms with Gasteiger partial charge in [0.2, 0.25) is 0 Å². The summed E-state index contributed by atoms with van der Waals surface area (Å²) in [6.45, 7) is 0. The second-order valence-electron chi connectivity index (χ2n) is 0.729. The Bertz CT molecular complexity index is 77.5. The van der Waals surface area contributed by atoms with Gasteiger partial charge in [0.15, 0.2) is 13.5 Å². The van der Waals surface area contributed by atoms with E-state index in [1.54, 1.807) is 0 Å². The van der Waals surface area contributed by atoms with Gasteiger partial charge in [-0.15, -0.1) is 0 Å². The lowest BCUT2D eigenvalue weighted by Gasteiger charge is -1.75. The first-order valence-corrected chi connectivity index (χ1v) is 1.24. The predicted molar refractivity (Wildman–Crippen MR) is 20.0 cm³/mol. The molecule has 1 amide bonds. The standard InChI is InChI=1S/C2H2BNO2/c3-1(5)2(4)6/h(H2,4,6). The molecule has 0 bridgehead atoms. The molecule has 0 atom stereocenters. The largest absolute Gasteiger partial charge is 0.364 e. The van der Waals surface area contributed by atoms with Crippen molar-refractivity contribution in [1.29, 1.82) is 0 Å². The van der Waals surface area contributed by atoms with Crippen LogP contribution in [0.1, 0.15) is 0 Å². The zero-order chi connectivity index (χ0) is 5.15. The van der Waals surface area contributed by atoms with Crippen LogP contribution in [0.2, 0.25) is 0 Å². The minimum Gasteiger partial charge on any atom is -0.364 e. The molecule has 0 saturated heterocycles. The van der Waals surface area contributed by atoms with Crippen molar-refractivity contribution in [2.24, 2.45) is 5.73 Å². The van der Waals surface area contributed by atoms with Crippen LogP contribution in [0, 0.1) is 0 Å². The molecule has 6 heavy (non-hydrogen) atoms. The van der Waals surface area contributed by atoms with Crippen LogP contribution in [-0.2, 0) is 9.59 Å². The van der Waals surface area contributed by atoms with Crippen LogP contribution in [0.5, 0.6) is 0 Å². The van der Waals surface area contributed by atoms with Crippen molar-refractivity contribution in [2.45, 2.75) is 0 Å². The summed E-state index contributed by atoms with van der Waals surface area (Å²) >= 11 is 0. The number of amides is 1. The highest BCUT2D eigenvalue weighted by Crippen LogP contribution is 1.50. The highest BCUT2D eigenvalue weighted by atomic mass is 16.2.